The lowest BCUT2D eigenvalue weighted by Crippen LogP contribution is -2.44. The summed E-state index contributed by atoms with van der Waals surface area (Å²) in [7, 11) is 1.61. The maximum Gasteiger partial charge on any atom is 0.329 e. The number of hydrogen-bond acceptors (Lipinski definition) is 6. The number of hydrogen-bond donors (Lipinski definition) is 0. The van der Waals surface area contributed by atoms with Crippen LogP contribution >= 0.6 is 0 Å². The van der Waals surface area contributed by atoms with Crippen LogP contribution in [0.15, 0.2) is 18.2 Å². The number of esters is 1. The summed E-state index contributed by atoms with van der Waals surface area (Å²) in [5.41, 5.74) is 2.17. The number of ketones is 1. The first kappa shape index (κ1) is 22.0. The van der Waals surface area contributed by atoms with Crippen molar-refractivity contribution < 1.29 is 28.7 Å². The summed E-state index contributed by atoms with van der Waals surface area (Å²) in [6, 6.07) is 0.702. The molecule has 1 aromatic rings. The maximum absolute atomic E-state index is 12.6. The number of aryl methyl sites for hydroxylation is 1. The molecule has 1 aromatic heterocycles. The number of fused-ring (bicyclic) bond motifs is 1. The van der Waals surface area contributed by atoms with Gasteiger partial charge in [-0.2, -0.15) is 0 Å². The highest BCUT2D eigenvalue weighted by atomic mass is 16.5. The summed E-state index contributed by atoms with van der Waals surface area (Å²) in [5.74, 6) is -2.58. The van der Waals surface area contributed by atoms with E-state index in [-0.39, 0.29) is 17.6 Å². The number of aromatic nitrogens is 1. The Labute approximate surface area is 175 Å². The van der Waals surface area contributed by atoms with Crippen LogP contribution < -0.4 is 0 Å². The summed E-state index contributed by atoms with van der Waals surface area (Å²) in [6.45, 7) is 5.89. The van der Waals surface area contributed by atoms with Gasteiger partial charge in [0.25, 0.3) is 0 Å². The van der Waals surface area contributed by atoms with Crippen molar-refractivity contribution in [3.8, 4) is 0 Å². The Morgan fingerprint density at radius 3 is 2.30 bits per heavy atom. The summed E-state index contributed by atoms with van der Waals surface area (Å²) in [6.07, 6.45) is 4.79. The van der Waals surface area contributed by atoms with Gasteiger partial charge in [0, 0.05) is 30.6 Å². The van der Waals surface area contributed by atoms with Crippen molar-refractivity contribution in [2.45, 2.75) is 46.2 Å². The number of imide groups is 1. The van der Waals surface area contributed by atoms with Gasteiger partial charge in [-0.05, 0) is 39.7 Å². The Balaban J connectivity index is 1.62. The van der Waals surface area contributed by atoms with Crippen molar-refractivity contribution in [2.75, 3.05) is 20.3 Å². The first-order valence-electron chi connectivity index (χ1n) is 10.1. The van der Waals surface area contributed by atoms with Crippen molar-refractivity contribution in [1.29, 1.82) is 0 Å². The van der Waals surface area contributed by atoms with Crippen LogP contribution in [-0.4, -0.2) is 59.4 Å². The van der Waals surface area contributed by atoms with Crippen LogP contribution in [0.25, 0.3) is 0 Å². The van der Waals surface area contributed by atoms with Crippen LogP contribution in [0.2, 0.25) is 0 Å². The minimum atomic E-state index is -1.06. The molecule has 0 saturated carbocycles. The number of nitrogens with zero attached hydrogens (tertiary/aromatic N) is 2. The van der Waals surface area contributed by atoms with Gasteiger partial charge in [-0.15, -0.1) is 0 Å². The van der Waals surface area contributed by atoms with Gasteiger partial charge < -0.3 is 14.0 Å². The number of carbonyl (C=O) groups excluding carboxylic acids is 4. The number of allylic oxidation sites excluding steroid dienone is 2. The quantitative estimate of drug-likeness (QED) is 0.278. The maximum atomic E-state index is 12.6. The van der Waals surface area contributed by atoms with E-state index in [9.17, 15) is 19.2 Å². The second-order valence-electron chi connectivity index (χ2n) is 7.84. The number of methoxy groups -OCH3 is 1. The highest BCUT2D eigenvalue weighted by Crippen LogP contribution is 2.36. The van der Waals surface area contributed by atoms with Crippen LogP contribution in [0.3, 0.4) is 0 Å². The smallest absolute Gasteiger partial charge is 0.329 e. The molecule has 1 saturated heterocycles. The second kappa shape index (κ2) is 8.95. The van der Waals surface area contributed by atoms with E-state index in [1.807, 2.05) is 30.6 Å². The molecule has 2 heterocycles. The van der Waals surface area contributed by atoms with Gasteiger partial charge in [0.05, 0.1) is 18.4 Å². The second-order valence-corrected chi connectivity index (χ2v) is 7.84. The van der Waals surface area contributed by atoms with E-state index in [1.165, 1.54) is 6.92 Å². The molecule has 3 atom stereocenters. The minimum Gasteiger partial charge on any atom is -0.456 e. The summed E-state index contributed by atoms with van der Waals surface area (Å²) >= 11 is 0. The largest absolute Gasteiger partial charge is 0.456 e. The van der Waals surface area contributed by atoms with E-state index >= 15 is 0 Å². The molecule has 0 aromatic carbocycles. The van der Waals surface area contributed by atoms with Crippen molar-refractivity contribution in [3.63, 3.8) is 0 Å². The van der Waals surface area contributed by atoms with Crippen LogP contribution in [0, 0.1) is 25.7 Å². The average molecular weight is 416 g/mol. The molecule has 3 rings (SSSR count). The van der Waals surface area contributed by atoms with E-state index in [2.05, 4.69) is 0 Å². The van der Waals surface area contributed by atoms with Crippen LogP contribution in [-0.2, 0) is 30.4 Å². The molecule has 0 spiro atoms. The fourth-order valence-electron chi connectivity index (χ4n) is 4.26. The first-order chi connectivity index (χ1) is 14.3. The average Bonchev–Trinajstić information content (AvgIpc) is 3.16. The molecule has 2 amide bonds. The third-order valence-corrected chi connectivity index (χ3v) is 6.01. The molecular formula is C22H28N2O6. The van der Waals surface area contributed by atoms with Gasteiger partial charge in [0.2, 0.25) is 17.6 Å². The molecule has 2 aliphatic rings. The molecule has 0 unspecified atom stereocenters. The molecule has 8 nitrogen and oxygen atoms in total. The zero-order valence-corrected chi connectivity index (χ0v) is 17.8. The molecular weight excluding hydrogens is 388 g/mol. The van der Waals surface area contributed by atoms with Gasteiger partial charge in [-0.1, -0.05) is 12.2 Å². The SMILES string of the molecule is COCCn1c(C)cc(C(=O)COC(=O)[C@H](C)N2C(=O)[C@H]3CC=CC[C@H]3C2=O)c1C. The molecule has 8 heteroatoms. The Bertz CT molecular complexity index is 874. The van der Waals surface area contributed by atoms with E-state index in [1.54, 1.807) is 13.2 Å². The van der Waals surface area contributed by atoms with Crippen molar-refractivity contribution in [1.82, 2.24) is 9.47 Å². The number of carbonyl (C=O) groups is 4. The van der Waals surface area contributed by atoms with Crippen LogP contribution in [0.5, 0.6) is 0 Å². The van der Waals surface area contributed by atoms with E-state index < -0.39 is 30.5 Å². The molecule has 162 valence electrons. The number of Topliss-reactive ketones (excluding diaryl/α,β-unsaturated/α-hetero) is 1. The number of likely N-dealkylation sites (tertiary alicyclic amines) is 1. The van der Waals surface area contributed by atoms with Crippen molar-refractivity contribution >= 4 is 23.6 Å². The molecule has 0 N–H and O–H groups in total. The third-order valence-electron chi connectivity index (χ3n) is 6.01. The van der Waals surface area contributed by atoms with E-state index in [0.717, 1.165) is 16.3 Å². The van der Waals surface area contributed by atoms with E-state index in [0.29, 0.717) is 31.6 Å². The number of ether oxygens (including phenoxy) is 2. The van der Waals surface area contributed by atoms with E-state index in [4.69, 9.17) is 9.47 Å². The lowest BCUT2D eigenvalue weighted by atomic mass is 9.85. The summed E-state index contributed by atoms with van der Waals surface area (Å²) in [5, 5.41) is 0. The Morgan fingerprint density at radius 1 is 1.13 bits per heavy atom. The van der Waals surface area contributed by atoms with Gasteiger partial charge in [-0.3, -0.25) is 19.3 Å². The number of rotatable bonds is 8. The molecule has 1 fully saturated rings. The summed E-state index contributed by atoms with van der Waals surface area (Å²) in [4.78, 5) is 51.3. The molecule has 0 radical (unpaired) electrons. The highest BCUT2D eigenvalue weighted by molar-refractivity contribution is 6.08. The lowest BCUT2D eigenvalue weighted by molar-refractivity contribution is -0.157. The third kappa shape index (κ3) is 3.96. The van der Waals surface area contributed by atoms with Crippen LogP contribution in [0.4, 0.5) is 0 Å². The van der Waals surface area contributed by atoms with Gasteiger partial charge >= 0.3 is 5.97 Å². The zero-order chi connectivity index (χ0) is 22.0. The zero-order valence-electron chi connectivity index (χ0n) is 17.8. The normalized spacial score (nSPS) is 21.7. The van der Waals surface area contributed by atoms with Gasteiger partial charge in [-0.25, -0.2) is 4.79 Å². The van der Waals surface area contributed by atoms with Crippen molar-refractivity contribution in [3.05, 3.63) is 35.2 Å². The monoisotopic (exact) mass is 416 g/mol. The number of amides is 2. The summed E-state index contributed by atoms with van der Waals surface area (Å²) < 4.78 is 12.2. The molecule has 0 bridgehead atoms. The molecule has 30 heavy (non-hydrogen) atoms. The Kier molecular flexibility index (Phi) is 6.55. The fraction of sp³-hybridized carbons (Fsp3) is 0.545. The van der Waals surface area contributed by atoms with Crippen molar-refractivity contribution in [2.24, 2.45) is 11.8 Å². The minimum absolute atomic E-state index is 0.329. The molecule has 1 aliphatic carbocycles. The molecule has 1 aliphatic heterocycles. The predicted molar refractivity (Wildman–Crippen MR) is 108 cm³/mol. The van der Waals surface area contributed by atoms with Crippen LogP contribution in [0.1, 0.15) is 41.5 Å². The highest BCUT2D eigenvalue weighted by Gasteiger charge is 2.50. The first-order valence-corrected chi connectivity index (χ1v) is 10.1. The topological polar surface area (TPSA) is 94.9 Å². The Morgan fingerprint density at radius 2 is 1.73 bits per heavy atom. The van der Waals surface area contributed by atoms with Gasteiger partial charge in [0.15, 0.2) is 6.61 Å². The fourth-order valence-corrected chi connectivity index (χ4v) is 4.26. The Hall–Kier alpha value is -2.74. The van der Waals surface area contributed by atoms with Gasteiger partial charge in [0.1, 0.15) is 6.04 Å². The predicted octanol–water partition coefficient (Wildman–Crippen LogP) is 1.82. The standard InChI is InChI=1S/C22H28N2O6/c1-13-11-18(14(2)23(13)9-10-29-4)19(25)12-30-22(28)15(3)24-20(26)16-7-5-6-8-17(16)21(24)27/h5-6,11,15-17H,7-10,12H2,1-4H3/t15-,16-,17+/m0/s1. The lowest BCUT2D eigenvalue weighted by Gasteiger charge is -2.21.